The fourth-order valence-electron chi connectivity index (χ4n) is 2.50. The van der Waals surface area contributed by atoms with Crippen LogP contribution in [-0.4, -0.2) is 46.1 Å². The molecule has 0 bridgehead atoms. The zero-order valence-electron chi connectivity index (χ0n) is 13.7. The number of pyridine rings is 1. The molecule has 1 aliphatic rings. The number of hydrogen-bond donors (Lipinski definition) is 1. The van der Waals surface area contributed by atoms with E-state index in [1.807, 2.05) is 30.3 Å². The van der Waals surface area contributed by atoms with Crippen molar-refractivity contribution < 1.29 is 24.2 Å². The summed E-state index contributed by atoms with van der Waals surface area (Å²) in [5.74, 6) is -0.832. The van der Waals surface area contributed by atoms with Gasteiger partial charge in [0.05, 0.1) is 0 Å². The molecule has 7 nitrogen and oxygen atoms in total. The first-order chi connectivity index (χ1) is 12.1. The standard InChI is InChI=1S/C18H18N2O5/c1-12(18(22)23)20(11-13-5-3-2-4-6-13)17(21)14-7-8-15-16(19-14)25-10-9-24-15/h2-8,12H,9-11H2,1H3,(H,22,23). The minimum Gasteiger partial charge on any atom is -0.484 e. The van der Waals surface area contributed by atoms with E-state index in [9.17, 15) is 14.7 Å². The Morgan fingerprint density at radius 1 is 1.16 bits per heavy atom. The predicted octanol–water partition coefficient (Wildman–Crippen LogP) is 1.97. The number of rotatable bonds is 5. The number of benzene rings is 1. The lowest BCUT2D eigenvalue weighted by Crippen LogP contribution is -2.43. The average molecular weight is 342 g/mol. The van der Waals surface area contributed by atoms with Gasteiger partial charge < -0.3 is 19.5 Å². The molecule has 1 aromatic heterocycles. The van der Waals surface area contributed by atoms with Crippen molar-refractivity contribution in [2.24, 2.45) is 0 Å². The number of aromatic nitrogens is 1. The summed E-state index contributed by atoms with van der Waals surface area (Å²) in [6.07, 6.45) is 0. The summed E-state index contributed by atoms with van der Waals surface area (Å²) in [5, 5.41) is 9.36. The van der Waals surface area contributed by atoms with E-state index in [1.165, 1.54) is 17.9 Å². The number of carboxylic acid groups (broad SMARTS) is 1. The van der Waals surface area contributed by atoms with Crippen LogP contribution in [0.2, 0.25) is 0 Å². The SMILES string of the molecule is CC(C(=O)O)N(Cc1ccccc1)C(=O)c1ccc2c(n1)OCCO2. The van der Waals surface area contributed by atoms with E-state index in [4.69, 9.17) is 9.47 Å². The maximum atomic E-state index is 12.9. The molecule has 130 valence electrons. The Kier molecular flexibility index (Phi) is 4.83. The van der Waals surface area contributed by atoms with Gasteiger partial charge in [0.25, 0.3) is 11.8 Å². The van der Waals surface area contributed by atoms with Gasteiger partial charge in [-0.05, 0) is 24.6 Å². The van der Waals surface area contributed by atoms with Crippen LogP contribution in [0.25, 0.3) is 0 Å². The minimum absolute atomic E-state index is 0.119. The van der Waals surface area contributed by atoms with Crippen molar-refractivity contribution in [1.29, 1.82) is 0 Å². The number of hydrogen-bond acceptors (Lipinski definition) is 5. The van der Waals surface area contributed by atoms with Gasteiger partial charge in [-0.25, -0.2) is 9.78 Å². The van der Waals surface area contributed by atoms with Crippen LogP contribution < -0.4 is 9.47 Å². The maximum Gasteiger partial charge on any atom is 0.326 e. The Hall–Kier alpha value is -3.09. The first kappa shape index (κ1) is 16.8. The molecule has 3 rings (SSSR count). The third kappa shape index (κ3) is 3.71. The first-order valence-electron chi connectivity index (χ1n) is 7.90. The second kappa shape index (κ2) is 7.21. The van der Waals surface area contributed by atoms with Crippen molar-refractivity contribution in [3.63, 3.8) is 0 Å². The fourth-order valence-corrected chi connectivity index (χ4v) is 2.50. The fraction of sp³-hybridized carbons (Fsp3) is 0.278. The number of amides is 1. The molecule has 0 radical (unpaired) electrons. The van der Waals surface area contributed by atoms with E-state index in [0.29, 0.717) is 19.0 Å². The topological polar surface area (TPSA) is 89.0 Å². The van der Waals surface area contributed by atoms with Crippen LogP contribution in [0.1, 0.15) is 23.0 Å². The van der Waals surface area contributed by atoms with Crippen LogP contribution in [0.15, 0.2) is 42.5 Å². The van der Waals surface area contributed by atoms with Crippen molar-refractivity contribution in [2.45, 2.75) is 19.5 Å². The molecule has 0 saturated carbocycles. The number of carbonyl (C=O) groups excluding carboxylic acids is 1. The summed E-state index contributed by atoms with van der Waals surface area (Å²) >= 11 is 0. The van der Waals surface area contributed by atoms with Gasteiger partial charge in [0, 0.05) is 6.54 Å². The van der Waals surface area contributed by atoms with Crippen LogP contribution in [-0.2, 0) is 11.3 Å². The summed E-state index contributed by atoms with van der Waals surface area (Å²) in [7, 11) is 0. The Morgan fingerprint density at radius 2 is 1.88 bits per heavy atom. The van der Waals surface area contributed by atoms with Crippen LogP contribution >= 0.6 is 0 Å². The van der Waals surface area contributed by atoms with Gasteiger partial charge in [-0.1, -0.05) is 30.3 Å². The number of aliphatic carboxylic acids is 1. The lowest BCUT2D eigenvalue weighted by atomic mass is 10.1. The second-order valence-electron chi connectivity index (χ2n) is 5.63. The molecule has 2 aromatic rings. The molecule has 1 aromatic carbocycles. The summed E-state index contributed by atoms with van der Waals surface area (Å²) in [4.78, 5) is 29.8. The van der Waals surface area contributed by atoms with Crippen LogP contribution in [0.5, 0.6) is 11.6 Å². The average Bonchev–Trinajstić information content (AvgIpc) is 2.65. The van der Waals surface area contributed by atoms with E-state index in [-0.39, 0.29) is 18.1 Å². The van der Waals surface area contributed by atoms with Crippen molar-refractivity contribution in [3.05, 3.63) is 53.7 Å². The summed E-state index contributed by atoms with van der Waals surface area (Å²) in [6, 6.07) is 11.3. The number of nitrogens with zero attached hydrogens (tertiary/aromatic N) is 2. The van der Waals surface area contributed by atoms with Gasteiger partial charge in [0.2, 0.25) is 0 Å². The lowest BCUT2D eigenvalue weighted by Gasteiger charge is -2.27. The molecule has 2 heterocycles. The molecule has 1 unspecified atom stereocenters. The van der Waals surface area contributed by atoms with Gasteiger partial charge in [-0.3, -0.25) is 4.79 Å². The van der Waals surface area contributed by atoms with E-state index in [1.54, 1.807) is 6.07 Å². The van der Waals surface area contributed by atoms with Gasteiger partial charge in [0.1, 0.15) is 24.9 Å². The van der Waals surface area contributed by atoms with Crippen molar-refractivity contribution in [3.8, 4) is 11.6 Å². The molecule has 0 spiro atoms. The molecule has 0 fully saturated rings. The third-order valence-electron chi connectivity index (χ3n) is 3.91. The molecule has 1 aliphatic heterocycles. The van der Waals surface area contributed by atoms with E-state index in [2.05, 4.69) is 4.98 Å². The number of carbonyl (C=O) groups is 2. The molecule has 1 amide bonds. The summed E-state index contributed by atoms with van der Waals surface area (Å²) in [6.45, 7) is 2.43. The summed E-state index contributed by atoms with van der Waals surface area (Å²) in [5.41, 5.74) is 0.953. The Bertz CT molecular complexity index is 778. The molecular weight excluding hydrogens is 324 g/mol. The quantitative estimate of drug-likeness (QED) is 0.894. The number of ether oxygens (including phenoxy) is 2. The predicted molar refractivity (Wildman–Crippen MR) is 88.6 cm³/mol. The van der Waals surface area contributed by atoms with E-state index in [0.717, 1.165) is 5.56 Å². The highest BCUT2D eigenvalue weighted by Gasteiger charge is 2.28. The molecule has 1 atom stereocenters. The van der Waals surface area contributed by atoms with Crippen LogP contribution in [0, 0.1) is 0 Å². The molecule has 7 heteroatoms. The smallest absolute Gasteiger partial charge is 0.326 e. The molecule has 25 heavy (non-hydrogen) atoms. The zero-order valence-corrected chi connectivity index (χ0v) is 13.7. The first-order valence-corrected chi connectivity index (χ1v) is 7.90. The van der Waals surface area contributed by atoms with Crippen molar-refractivity contribution in [1.82, 2.24) is 9.88 Å². The van der Waals surface area contributed by atoms with Crippen molar-refractivity contribution in [2.75, 3.05) is 13.2 Å². The largest absolute Gasteiger partial charge is 0.484 e. The maximum absolute atomic E-state index is 12.9. The van der Waals surface area contributed by atoms with E-state index < -0.39 is 17.9 Å². The number of carboxylic acids is 1. The molecule has 0 aliphatic carbocycles. The van der Waals surface area contributed by atoms with Crippen LogP contribution in [0.4, 0.5) is 0 Å². The Morgan fingerprint density at radius 3 is 2.60 bits per heavy atom. The summed E-state index contributed by atoms with van der Waals surface area (Å²) < 4.78 is 10.8. The highest BCUT2D eigenvalue weighted by atomic mass is 16.6. The third-order valence-corrected chi connectivity index (χ3v) is 3.91. The zero-order chi connectivity index (χ0) is 17.8. The monoisotopic (exact) mass is 342 g/mol. The van der Waals surface area contributed by atoms with Gasteiger partial charge >= 0.3 is 5.97 Å². The highest BCUT2D eigenvalue weighted by Crippen LogP contribution is 2.28. The normalized spacial score (nSPS) is 13.8. The van der Waals surface area contributed by atoms with Crippen LogP contribution in [0.3, 0.4) is 0 Å². The lowest BCUT2D eigenvalue weighted by molar-refractivity contribution is -0.141. The van der Waals surface area contributed by atoms with Gasteiger partial charge in [-0.2, -0.15) is 0 Å². The van der Waals surface area contributed by atoms with Crippen molar-refractivity contribution >= 4 is 11.9 Å². The Balaban J connectivity index is 1.89. The second-order valence-corrected chi connectivity index (χ2v) is 5.63. The highest BCUT2D eigenvalue weighted by molar-refractivity contribution is 5.95. The molecular formula is C18H18N2O5. The number of fused-ring (bicyclic) bond motifs is 1. The van der Waals surface area contributed by atoms with Gasteiger partial charge in [-0.15, -0.1) is 0 Å². The Labute approximate surface area is 144 Å². The van der Waals surface area contributed by atoms with E-state index >= 15 is 0 Å². The molecule has 0 saturated heterocycles. The molecule has 1 N–H and O–H groups in total. The van der Waals surface area contributed by atoms with Gasteiger partial charge in [0.15, 0.2) is 5.75 Å². The minimum atomic E-state index is -1.08.